The summed E-state index contributed by atoms with van der Waals surface area (Å²) in [7, 11) is 1.86. The van der Waals surface area contributed by atoms with Crippen LogP contribution in [0.5, 0.6) is 0 Å². The van der Waals surface area contributed by atoms with Crippen molar-refractivity contribution in [1.29, 1.82) is 0 Å². The van der Waals surface area contributed by atoms with Gasteiger partial charge in [0.15, 0.2) is 5.82 Å². The summed E-state index contributed by atoms with van der Waals surface area (Å²) in [6.07, 6.45) is 1.86. The van der Waals surface area contributed by atoms with Crippen LogP contribution in [0, 0.1) is 3.57 Å². The largest absolute Gasteiger partial charge is 0.383 e. The Morgan fingerprint density at radius 3 is 2.50 bits per heavy atom. The monoisotopic (exact) mass is 377 g/mol. The number of anilines is 1. The molecule has 0 fully saturated rings. The number of nitrogens with two attached hydrogens (primary N) is 1. The van der Waals surface area contributed by atoms with Gasteiger partial charge in [0.1, 0.15) is 11.5 Å². The second-order valence-corrected chi connectivity index (χ2v) is 5.41. The molecule has 0 aliphatic carbocycles. The van der Waals surface area contributed by atoms with Crippen LogP contribution in [0.3, 0.4) is 0 Å². The summed E-state index contributed by atoms with van der Waals surface area (Å²) in [6, 6.07) is 11.8. The smallest absolute Gasteiger partial charge is 0.182 e. The third-order valence-electron chi connectivity index (χ3n) is 2.87. The SMILES string of the molecule is Cn1ccc(-c2nc(N)c(I)c(-c3ccccc3)n2)n1. The van der Waals surface area contributed by atoms with Crippen molar-refractivity contribution in [3.63, 3.8) is 0 Å². The third-order valence-corrected chi connectivity index (χ3v) is 3.93. The maximum atomic E-state index is 6.01. The van der Waals surface area contributed by atoms with Crippen molar-refractivity contribution >= 4 is 28.4 Å². The molecule has 20 heavy (non-hydrogen) atoms. The summed E-state index contributed by atoms with van der Waals surface area (Å²) in [5.74, 6) is 1.02. The highest BCUT2D eigenvalue weighted by molar-refractivity contribution is 14.1. The average molecular weight is 377 g/mol. The number of aryl methyl sites for hydroxylation is 1. The summed E-state index contributed by atoms with van der Waals surface area (Å²) >= 11 is 2.17. The van der Waals surface area contributed by atoms with E-state index in [0.29, 0.717) is 17.3 Å². The van der Waals surface area contributed by atoms with Crippen molar-refractivity contribution in [2.24, 2.45) is 7.05 Å². The zero-order valence-electron chi connectivity index (χ0n) is 10.8. The topological polar surface area (TPSA) is 69.6 Å². The molecule has 2 N–H and O–H groups in total. The minimum absolute atomic E-state index is 0.472. The lowest BCUT2D eigenvalue weighted by molar-refractivity contribution is 0.768. The number of benzene rings is 1. The number of aromatic nitrogens is 4. The van der Waals surface area contributed by atoms with Gasteiger partial charge in [-0.3, -0.25) is 4.68 Å². The molecule has 0 unspecified atom stereocenters. The first-order valence-electron chi connectivity index (χ1n) is 6.03. The third kappa shape index (κ3) is 2.38. The van der Waals surface area contributed by atoms with Crippen molar-refractivity contribution in [3.05, 3.63) is 46.2 Å². The molecule has 2 heterocycles. The molecule has 0 spiro atoms. The van der Waals surface area contributed by atoms with Gasteiger partial charge in [-0.1, -0.05) is 30.3 Å². The van der Waals surface area contributed by atoms with Crippen molar-refractivity contribution < 1.29 is 0 Å². The molecule has 2 aromatic heterocycles. The Kier molecular flexibility index (Phi) is 3.39. The molecule has 100 valence electrons. The summed E-state index contributed by atoms with van der Waals surface area (Å²) in [5, 5.41) is 4.32. The summed E-state index contributed by atoms with van der Waals surface area (Å²) in [4.78, 5) is 8.94. The van der Waals surface area contributed by atoms with Crippen LogP contribution in [0.2, 0.25) is 0 Å². The Hall–Kier alpha value is -1.96. The molecule has 1 aromatic carbocycles. The second-order valence-electron chi connectivity index (χ2n) is 4.34. The van der Waals surface area contributed by atoms with Crippen LogP contribution in [0.25, 0.3) is 22.8 Å². The lowest BCUT2D eigenvalue weighted by Gasteiger charge is -2.08. The number of halogens is 1. The molecule has 0 aliphatic rings. The standard InChI is InChI=1S/C14H12IN5/c1-20-8-7-10(19-20)14-17-12(11(15)13(16)18-14)9-5-3-2-4-6-9/h2-8H,1H3,(H2,16,17,18). The van der Waals surface area contributed by atoms with Crippen molar-refractivity contribution in [1.82, 2.24) is 19.7 Å². The molecule has 0 bridgehead atoms. The van der Waals surface area contributed by atoms with Gasteiger partial charge in [0.25, 0.3) is 0 Å². The lowest BCUT2D eigenvalue weighted by Crippen LogP contribution is -2.03. The fourth-order valence-electron chi connectivity index (χ4n) is 1.90. The number of rotatable bonds is 2. The molecule has 0 amide bonds. The molecule has 6 heteroatoms. The predicted molar refractivity (Wildman–Crippen MR) is 86.8 cm³/mol. The van der Waals surface area contributed by atoms with Gasteiger partial charge in [-0.2, -0.15) is 5.10 Å². The zero-order chi connectivity index (χ0) is 14.1. The minimum atomic E-state index is 0.472. The molecule has 0 aliphatic heterocycles. The molecular formula is C14H12IN5. The van der Waals surface area contributed by atoms with Gasteiger partial charge >= 0.3 is 0 Å². The van der Waals surface area contributed by atoms with E-state index in [4.69, 9.17) is 5.73 Å². The lowest BCUT2D eigenvalue weighted by atomic mass is 10.1. The fourth-order valence-corrected chi connectivity index (χ4v) is 2.45. The van der Waals surface area contributed by atoms with E-state index in [2.05, 4.69) is 37.7 Å². The Bertz CT molecular complexity index is 752. The summed E-state index contributed by atoms with van der Waals surface area (Å²) < 4.78 is 2.57. The maximum Gasteiger partial charge on any atom is 0.182 e. The Labute approximate surface area is 130 Å². The molecule has 0 saturated heterocycles. The van der Waals surface area contributed by atoms with Gasteiger partial charge in [-0.05, 0) is 28.7 Å². The van der Waals surface area contributed by atoms with E-state index in [1.807, 2.05) is 49.6 Å². The van der Waals surface area contributed by atoms with E-state index in [1.165, 1.54) is 0 Å². The fraction of sp³-hybridized carbons (Fsp3) is 0.0714. The molecule has 5 nitrogen and oxygen atoms in total. The number of nitrogens with zero attached hydrogens (tertiary/aromatic N) is 4. The van der Waals surface area contributed by atoms with Gasteiger partial charge in [-0.15, -0.1) is 0 Å². The van der Waals surface area contributed by atoms with Crippen LogP contribution in [0.15, 0.2) is 42.6 Å². The van der Waals surface area contributed by atoms with Gasteiger partial charge in [0.2, 0.25) is 0 Å². The highest BCUT2D eigenvalue weighted by atomic mass is 127. The maximum absolute atomic E-state index is 6.01. The molecule has 0 atom stereocenters. The van der Waals surface area contributed by atoms with E-state index >= 15 is 0 Å². The van der Waals surface area contributed by atoms with Crippen LogP contribution in [-0.2, 0) is 7.05 Å². The Balaban J connectivity index is 2.18. The summed E-state index contributed by atoms with van der Waals surface area (Å²) in [6.45, 7) is 0. The minimum Gasteiger partial charge on any atom is -0.383 e. The number of nitrogen functional groups attached to an aromatic ring is 1. The van der Waals surface area contributed by atoms with Crippen LogP contribution >= 0.6 is 22.6 Å². The molecule has 0 radical (unpaired) electrons. The molecule has 3 rings (SSSR count). The number of hydrogen-bond donors (Lipinski definition) is 1. The first-order valence-corrected chi connectivity index (χ1v) is 7.11. The Morgan fingerprint density at radius 1 is 1.10 bits per heavy atom. The van der Waals surface area contributed by atoms with Crippen LogP contribution < -0.4 is 5.73 Å². The van der Waals surface area contributed by atoms with Crippen LogP contribution in [0.4, 0.5) is 5.82 Å². The first-order chi connectivity index (χ1) is 9.65. The van der Waals surface area contributed by atoms with E-state index < -0.39 is 0 Å². The second kappa shape index (κ2) is 5.20. The van der Waals surface area contributed by atoms with Crippen molar-refractivity contribution in [3.8, 4) is 22.8 Å². The van der Waals surface area contributed by atoms with E-state index in [1.54, 1.807) is 4.68 Å². The van der Waals surface area contributed by atoms with Gasteiger partial charge in [-0.25, -0.2) is 9.97 Å². The number of hydrogen-bond acceptors (Lipinski definition) is 4. The van der Waals surface area contributed by atoms with Crippen LogP contribution in [-0.4, -0.2) is 19.7 Å². The highest BCUT2D eigenvalue weighted by Gasteiger charge is 2.14. The Morgan fingerprint density at radius 2 is 1.85 bits per heavy atom. The van der Waals surface area contributed by atoms with E-state index in [9.17, 15) is 0 Å². The van der Waals surface area contributed by atoms with Crippen LogP contribution in [0.1, 0.15) is 0 Å². The summed E-state index contributed by atoms with van der Waals surface area (Å²) in [5.41, 5.74) is 8.57. The highest BCUT2D eigenvalue weighted by Crippen LogP contribution is 2.28. The predicted octanol–water partition coefficient (Wildman–Crippen LogP) is 2.73. The molecule has 0 saturated carbocycles. The first kappa shape index (κ1) is 13.0. The normalized spacial score (nSPS) is 10.7. The van der Waals surface area contributed by atoms with E-state index in [0.717, 1.165) is 14.8 Å². The molecule has 3 aromatic rings. The van der Waals surface area contributed by atoms with Gasteiger partial charge in [0, 0.05) is 18.8 Å². The van der Waals surface area contributed by atoms with Crippen molar-refractivity contribution in [2.75, 3.05) is 5.73 Å². The van der Waals surface area contributed by atoms with Crippen molar-refractivity contribution in [2.45, 2.75) is 0 Å². The van der Waals surface area contributed by atoms with Gasteiger partial charge in [0.05, 0.1) is 9.26 Å². The van der Waals surface area contributed by atoms with E-state index in [-0.39, 0.29) is 0 Å². The zero-order valence-corrected chi connectivity index (χ0v) is 12.9. The molecular weight excluding hydrogens is 365 g/mol. The average Bonchev–Trinajstić information content (AvgIpc) is 2.89. The quantitative estimate of drug-likeness (QED) is 0.698. The van der Waals surface area contributed by atoms with Gasteiger partial charge < -0.3 is 5.73 Å².